The topological polar surface area (TPSA) is 134 Å². The van der Waals surface area contributed by atoms with Gasteiger partial charge in [0.25, 0.3) is 11.5 Å². The maximum atomic E-state index is 12.3. The molecule has 1 amide bonds. The number of carbonyl (C=O) groups excluding carboxylic acids is 1. The Kier molecular flexibility index (Phi) is 4.68. The Labute approximate surface area is 142 Å². The molecule has 0 bridgehead atoms. The van der Waals surface area contributed by atoms with Crippen molar-refractivity contribution < 1.29 is 4.79 Å². The first-order valence-corrected chi connectivity index (χ1v) is 7.73. The molecule has 3 aromatic rings. The fourth-order valence-electron chi connectivity index (χ4n) is 2.39. The Hall–Kier alpha value is -3.30. The number of rotatable bonds is 6. The summed E-state index contributed by atoms with van der Waals surface area (Å²) in [6.07, 6.45) is 4.73. The summed E-state index contributed by atoms with van der Waals surface area (Å²) in [5.74, 6) is -0.0760. The van der Waals surface area contributed by atoms with E-state index in [0.29, 0.717) is 12.2 Å². The van der Waals surface area contributed by atoms with E-state index in [-0.39, 0.29) is 18.2 Å². The predicted octanol–water partition coefficient (Wildman–Crippen LogP) is -0.198. The summed E-state index contributed by atoms with van der Waals surface area (Å²) < 4.78 is 1.52. The highest BCUT2D eigenvalue weighted by atomic mass is 16.2. The summed E-state index contributed by atoms with van der Waals surface area (Å²) in [5.41, 5.74) is 1.27. The molecular weight excluding hydrogens is 324 g/mol. The summed E-state index contributed by atoms with van der Waals surface area (Å²) in [7, 11) is 0. The Balaban J connectivity index is 1.64. The summed E-state index contributed by atoms with van der Waals surface area (Å²) in [4.78, 5) is 34.9. The van der Waals surface area contributed by atoms with Crippen LogP contribution < -0.4 is 10.9 Å². The van der Waals surface area contributed by atoms with Crippen LogP contribution in [0.15, 0.2) is 29.7 Å². The molecule has 3 rings (SSSR count). The van der Waals surface area contributed by atoms with Gasteiger partial charge in [-0.15, -0.1) is 0 Å². The summed E-state index contributed by atoms with van der Waals surface area (Å²) >= 11 is 0. The molecule has 3 N–H and O–H groups in total. The molecule has 130 valence electrons. The van der Waals surface area contributed by atoms with Crippen LogP contribution in [-0.4, -0.2) is 46.9 Å². The van der Waals surface area contributed by atoms with Crippen LogP contribution in [0.25, 0.3) is 0 Å². The van der Waals surface area contributed by atoms with Gasteiger partial charge < -0.3 is 10.3 Å². The molecule has 0 saturated heterocycles. The van der Waals surface area contributed by atoms with Crippen molar-refractivity contribution >= 4 is 5.91 Å². The maximum absolute atomic E-state index is 12.3. The lowest BCUT2D eigenvalue weighted by Crippen LogP contribution is -2.37. The first-order chi connectivity index (χ1) is 12.0. The molecule has 0 unspecified atom stereocenters. The molecule has 0 saturated carbocycles. The lowest BCUT2D eigenvalue weighted by atomic mass is 10.1. The van der Waals surface area contributed by atoms with E-state index in [9.17, 15) is 9.59 Å². The van der Waals surface area contributed by atoms with Gasteiger partial charge in [-0.3, -0.25) is 14.7 Å². The Morgan fingerprint density at radius 2 is 2.28 bits per heavy atom. The molecule has 0 aliphatic heterocycles. The number of aryl methyl sites for hydroxylation is 1. The van der Waals surface area contributed by atoms with Crippen LogP contribution in [0, 0.1) is 6.92 Å². The molecular formula is C15H18N8O2. The third-order valence-electron chi connectivity index (χ3n) is 3.53. The van der Waals surface area contributed by atoms with Crippen molar-refractivity contribution in [2.75, 3.05) is 0 Å². The van der Waals surface area contributed by atoms with Gasteiger partial charge in [0.2, 0.25) is 0 Å². The second-order valence-electron chi connectivity index (χ2n) is 5.79. The molecule has 0 fully saturated rings. The molecule has 10 heteroatoms. The number of carbonyl (C=O) groups is 1. The third-order valence-corrected chi connectivity index (χ3v) is 3.53. The molecule has 3 heterocycles. The maximum Gasteiger partial charge on any atom is 0.263 e. The van der Waals surface area contributed by atoms with Crippen molar-refractivity contribution in [2.24, 2.45) is 0 Å². The number of H-pyrrole nitrogens is 2. The molecule has 0 aliphatic rings. The van der Waals surface area contributed by atoms with Gasteiger partial charge >= 0.3 is 0 Å². The number of amides is 1. The SMILES string of the molecule is Cc1cc(C[C@H](C)NC(=O)c2cnc(Cn3cncn3)[nH]c2=O)n[nH]1. The first-order valence-electron chi connectivity index (χ1n) is 7.73. The Bertz CT molecular complexity index is 912. The van der Waals surface area contributed by atoms with E-state index in [0.717, 1.165) is 11.4 Å². The van der Waals surface area contributed by atoms with Gasteiger partial charge in [0, 0.05) is 24.4 Å². The standard InChI is InChI=1S/C15H18N8O2/c1-9(3-11-4-10(2)21-22-11)19-14(24)12-5-17-13(20-15(12)25)6-23-8-16-7-18-23/h4-5,7-9H,3,6H2,1-2H3,(H,19,24)(H,21,22)(H,17,20,25)/t9-/m0/s1. The van der Waals surface area contributed by atoms with Crippen LogP contribution in [0.5, 0.6) is 0 Å². The van der Waals surface area contributed by atoms with Crippen molar-refractivity contribution in [3.63, 3.8) is 0 Å². The monoisotopic (exact) mass is 342 g/mol. The van der Waals surface area contributed by atoms with Crippen molar-refractivity contribution in [1.29, 1.82) is 0 Å². The van der Waals surface area contributed by atoms with Gasteiger partial charge in [0.1, 0.15) is 30.6 Å². The zero-order chi connectivity index (χ0) is 17.8. The lowest BCUT2D eigenvalue weighted by Gasteiger charge is -2.12. The van der Waals surface area contributed by atoms with Crippen molar-refractivity contribution in [2.45, 2.75) is 32.9 Å². The van der Waals surface area contributed by atoms with E-state index >= 15 is 0 Å². The molecule has 0 radical (unpaired) electrons. The second-order valence-corrected chi connectivity index (χ2v) is 5.79. The highest BCUT2D eigenvalue weighted by Gasteiger charge is 2.15. The second kappa shape index (κ2) is 7.07. The average Bonchev–Trinajstić information content (AvgIpc) is 3.19. The van der Waals surface area contributed by atoms with Crippen LogP contribution >= 0.6 is 0 Å². The summed E-state index contributed by atoms with van der Waals surface area (Å²) in [6, 6.07) is 1.74. The van der Waals surface area contributed by atoms with Crippen molar-refractivity contribution in [1.82, 2.24) is 40.2 Å². The average molecular weight is 342 g/mol. The van der Waals surface area contributed by atoms with E-state index < -0.39 is 11.5 Å². The zero-order valence-electron chi connectivity index (χ0n) is 13.9. The molecule has 25 heavy (non-hydrogen) atoms. The smallest absolute Gasteiger partial charge is 0.263 e. The lowest BCUT2D eigenvalue weighted by molar-refractivity contribution is 0.0938. The van der Waals surface area contributed by atoms with Crippen LogP contribution in [0.3, 0.4) is 0 Å². The van der Waals surface area contributed by atoms with E-state index in [2.05, 4.69) is 35.6 Å². The van der Waals surface area contributed by atoms with Crippen LogP contribution in [0.2, 0.25) is 0 Å². The minimum atomic E-state index is -0.495. The van der Waals surface area contributed by atoms with E-state index in [1.807, 2.05) is 19.9 Å². The zero-order valence-corrected chi connectivity index (χ0v) is 13.9. The quantitative estimate of drug-likeness (QED) is 0.568. The van der Waals surface area contributed by atoms with E-state index in [4.69, 9.17) is 0 Å². The Morgan fingerprint density at radius 1 is 1.44 bits per heavy atom. The number of nitrogens with one attached hydrogen (secondary N) is 3. The summed E-state index contributed by atoms with van der Waals surface area (Å²) in [6.45, 7) is 4.03. The predicted molar refractivity (Wildman–Crippen MR) is 87.9 cm³/mol. The molecule has 0 spiro atoms. The minimum Gasteiger partial charge on any atom is -0.349 e. The number of aromatic amines is 2. The van der Waals surface area contributed by atoms with Gasteiger partial charge in [-0.05, 0) is 19.9 Å². The normalized spacial score (nSPS) is 12.1. The first kappa shape index (κ1) is 16.6. The summed E-state index contributed by atoms with van der Waals surface area (Å²) in [5, 5.41) is 13.7. The minimum absolute atomic E-state index is 0.0348. The van der Waals surface area contributed by atoms with Crippen LogP contribution in [0.4, 0.5) is 0 Å². The highest BCUT2D eigenvalue weighted by molar-refractivity contribution is 5.93. The molecule has 0 aliphatic carbocycles. The molecule has 3 aromatic heterocycles. The fraction of sp³-hybridized carbons (Fsp3) is 0.333. The number of nitrogens with zero attached hydrogens (tertiary/aromatic N) is 5. The molecule has 0 aromatic carbocycles. The molecule has 1 atom stereocenters. The largest absolute Gasteiger partial charge is 0.349 e. The van der Waals surface area contributed by atoms with Gasteiger partial charge in [0.05, 0.1) is 5.69 Å². The molecule has 10 nitrogen and oxygen atoms in total. The Morgan fingerprint density at radius 3 is 2.92 bits per heavy atom. The van der Waals surface area contributed by atoms with Gasteiger partial charge in [0.15, 0.2) is 0 Å². The van der Waals surface area contributed by atoms with Gasteiger partial charge in [-0.2, -0.15) is 10.2 Å². The van der Waals surface area contributed by atoms with Gasteiger partial charge in [-0.1, -0.05) is 0 Å². The highest BCUT2D eigenvalue weighted by Crippen LogP contribution is 2.02. The van der Waals surface area contributed by atoms with Crippen LogP contribution in [0.1, 0.15) is 34.5 Å². The number of aromatic nitrogens is 7. The van der Waals surface area contributed by atoms with Gasteiger partial charge in [-0.25, -0.2) is 14.6 Å². The fourth-order valence-corrected chi connectivity index (χ4v) is 2.39. The number of hydrogen-bond donors (Lipinski definition) is 3. The van der Waals surface area contributed by atoms with E-state index in [1.54, 1.807) is 0 Å². The van der Waals surface area contributed by atoms with E-state index in [1.165, 1.54) is 23.5 Å². The van der Waals surface area contributed by atoms with Crippen molar-refractivity contribution in [3.8, 4) is 0 Å². The third kappa shape index (κ3) is 4.16. The van der Waals surface area contributed by atoms with Crippen molar-refractivity contribution in [3.05, 3.63) is 58.0 Å². The number of hydrogen-bond acceptors (Lipinski definition) is 6. The van der Waals surface area contributed by atoms with Crippen LogP contribution in [-0.2, 0) is 13.0 Å².